The highest BCUT2D eigenvalue weighted by molar-refractivity contribution is 9.11. The molecule has 0 spiro atoms. The van der Waals surface area contributed by atoms with Gasteiger partial charge in [0.1, 0.15) is 12.4 Å². The van der Waals surface area contributed by atoms with E-state index in [1.54, 1.807) is 24.4 Å². The number of aliphatic imine (C=N–C) groups is 1. The Kier molecular flexibility index (Phi) is 7.05. The van der Waals surface area contributed by atoms with Gasteiger partial charge in [-0.05, 0) is 70.4 Å². The summed E-state index contributed by atoms with van der Waals surface area (Å²) in [5.74, 6) is 0.620. The predicted molar refractivity (Wildman–Crippen MR) is 123 cm³/mol. The lowest BCUT2D eigenvalue weighted by Crippen LogP contribution is -2.00. The third kappa shape index (κ3) is 5.65. The molecule has 3 rings (SSSR count). The largest absolute Gasteiger partial charge is 0.487 e. The molecule has 0 aromatic heterocycles. The van der Waals surface area contributed by atoms with Crippen LogP contribution in [0.3, 0.4) is 0 Å². The number of nitro benzene ring substituents is 1. The Morgan fingerprint density at radius 1 is 1.14 bits per heavy atom. The number of rotatable bonds is 6. The molecule has 148 valence electrons. The zero-order chi connectivity index (χ0) is 21.0. The van der Waals surface area contributed by atoms with E-state index < -0.39 is 4.92 Å². The van der Waals surface area contributed by atoms with Crippen LogP contribution in [-0.2, 0) is 6.61 Å². The first kappa shape index (κ1) is 21.5. The number of nitro groups is 1. The van der Waals surface area contributed by atoms with Crippen molar-refractivity contribution in [1.82, 2.24) is 0 Å². The maximum atomic E-state index is 10.8. The Morgan fingerprint density at radius 3 is 2.55 bits per heavy atom. The first-order chi connectivity index (χ1) is 13.8. The van der Waals surface area contributed by atoms with Gasteiger partial charge in [0.2, 0.25) is 0 Å². The van der Waals surface area contributed by atoms with Gasteiger partial charge in [0, 0.05) is 33.4 Å². The molecule has 0 saturated carbocycles. The van der Waals surface area contributed by atoms with E-state index in [0.717, 1.165) is 31.3 Å². The van der Waals surface area contributed by atoms with Crippen molar-refractivity contribution >= 4 is 61.1 Å². The van der Waals surface area contributed by atoms with E-state index >= 15 is 0 Å². The van der Waals surface area contributed by atoms with Crippen molar-refractivity contribution in [3.63, 3.8) is 0 Å². The first-order valence-electron chi connectivity index (χ1n) is 8.49. The van der Waals surface area contributed by atoms with Crippen LogP contribution in [0.15, 0.2) is 68.5 Å². The summed E-state index contributed by atoms with van der Waals surface area (Å²) in [5, 5.41) is 11.4. The molecule has 29 heavy (non-hydrogen) atoms. The van der Waals surface area contributed by atoms with Gasteiger partial charge in [0.05, 0.1) is 15.1 Å². The van der Waals surface area contributed by atoms with Gasteiger partial charge in [-0.15, -0.1) is 0 Å². The highest BCUT2D eigenvalue weighted by Crippen LogP contribution is 2.33. The van der Waals surface area contributed by atoms with Gasteiger partial charge in [-0.2, -0.15) is 0 Å². The number of benzene rings is 3. The van der Waals surface area contributed by atoms with Crippen LogP contribution in [0.2, 0.25) is 5.02 Å². The highest BCUT2D eigenvalue weighted by atomic mass is 79.9. The first-order valence-corrected chi connectivity index (χ1v) is 10.5. The maximum Gasteiger partial charge on any atom is 0.269 e. The SMILES string of the molecule is Cc1ccc(Cl)cc1N=Cc1cc(Br)cc(Br)c1OCc1ccc([N+](=O)[O-])cc1. The fourth-order valence-corrected chi connectivity index (χ4v) is 4.10. The van der Waals surface area contributed by atoms with Gasteiger partial charge >= 0.3 is 0 Å². The number of ether oxygens (including phenoxy) is 1. The summed E-state index contributed by atoms with van der Waals surface area (Å²) in [6, 6.07) is 15.6. The molecular weight excluding hydrogens is 524 g/mol. The Labute approximate surface area is 189 Å². The van der Waals surface area contributed by atoms with Crippen LogP contribution in [0, 0.1) is 17.0 Å². The molecule has 8 heteroatoms. The molecule has 0 atom stereocenters. The summed E-state index contributed by atoms with van der Waals surface area (Å²) in [7, 11) is 0. The summed E-state index contributed by atoms with van der Waals surface area (Å²) < 4.78 is 7.63. The third-order valence-corrected chi connectivity index (χ3v) is 5.36. The van der Waals surface area contributed by atoms with Crippen molar-refractivity contribution in [2.75, 3.05) is 0 Å². The van der Waals surface area contributed by atoms with Crippen LogP contribution < -0.4 is 4.74 Å². The molecule has 0 aliphatic rings. The van der Waals surface area contributed by atoms with Crippen LogP contribution in [-0.4, -0.2) is 11.1 Å². The van der Waals surface area contributed by atoms with Gasteiger partial charge in [-0.25, -0.2) is 0 Å². The van der Waals surface area contributed by atoms with E-state index in [-0.39, 0.29) is 12.3 Å². The molecule has 0 aliphatic carbocycles. The summed E-state index contributed by atoms with van der Waals surface area (Å²) in [6.07, 6.45) is 1.72. The standard InChI is InChI=1S/C21H15Br2ClN2O3/c1-13-2-5-17(24)10-20(13)25-11-15-8-16(22)9-19(23)21(15)29-12-14-3-6-18(7-4-14)26(27)28/h2-11H,12H2,1H3. The van der Waals surface area contributed by atoms with E-state index in [1.807, 2.05) is 31.2 Å². The van der Waals surface area contributed by atoms with Crippen molar-refractivity contribution in [3.05, 3.63) is 95.4 Å². The van der Waals surface area contributed by atoms with Crippen molar-refractivity contribution in [1.29, 1.82) is 0 Å². The molecule has 0 unspecified atom stereocenters. The number of hydrogen-bond acceptors (Lipinski definition) is 4. The van der Waals surface area contributed by atoms with E-state index in [4.69, 9.17) is 16.3 Å². The van der Waals surface area contributed by atoms with E-state index in [1.165, 1.54) is 12.1 Å². The molecule has 0 radical (unpaired) electrons. The average molecular weight is 539 g/mol. The van der Waals surface area contributed by atoms with E-state index in [9.17, 15) is 10.1 Å². The minimum absolute atomic E-state index is 0.0447. The summed E-state index contributed by atoms with van der Waals surface area (Å²) in [4.78, 5) is 14.9. The normalized spacial score (nSPS) is 11.0. The fraction of sp³-hybridized carbons (Fsp3) is 0.0952. The van der Waals surface area contributed by atoms with Crippen LogP contribution in [0.1, 0.15) is 16.7 Å². The van der Waals surface area contributed by atoms with Gasteiger partial charge < -0.3 is 4.74 Å². The highest BCUT2D eigenvalue weighted by Gasteiger charge is 2.11. The van der Waals surface area contributed by atoms with E-state index in [2.05, 4.69) is 36.9 Å². The Balaban J connectivity index is 1.86. The second-order valence-corrected chi connectivity index (χ2v) is 8.41. The zero-order valence-electron chi connectivity index (χ0n) is 15.2. The van der Waals surface area contributed by atoms with Crippen LogP contribution >= 0.6 is 43.5 Å². The Hall–Kier alpha value is -2.22. The van der Waals surface area contributed by atoms with Crippen LogP contribution in [0.25, 0.3) is 0 Å². The van der Waals surface area contributed by atoms with Crippen LogP contribution in [0.4, 0.5) is 11.4 Å². The topological polar surface area (TPSA) is 64.7 Å². The molecule has 0 N–H and O–H groups in total. The zero-order valence-corrected chi connectivity index (χ0v) is 19.2. The van der Waals surface area contributed by atoms with Gasteiger partial charge in [0.25, 0.3) is 5.69 Å². The molecule has 0 heterocycles. The minimum atomic E-state index is -0.428. The molecule has 3 aromatic rings. The molecule has 0 fully saturated rings. The minimum Gasteiger partial charge on any atom is -0.487 e. The molecule has 0 aliphatic heterocycles. The third-order valence-electron chi connectivity index (χ3n) is 4.08. The molecule has 0 bridgehead atoms. The monoisotopic (exact) mass is 536 g/mol. The van der Waals surface area contributed by atoms with Crippen molar-refractivity contribution in [3.8, 4) is 5.75 Å². The maximum absolute atomic E-state index is 10.8. The predicted octanol–water partition coefficient (Wildman–Crippen LogP) is 7.41. The summed E-state index contributed by atoms with van der Waals surface area (Å²) >= 11 is 13.1. The summed E-state index contributed by atoms with van der Waals surface area (Å²) in [6.45, 7) is 2.22. The van der Waals surface area contributed by atoms with Gasteiger partial charge in [-0.3, -0.25) is 15.1 Å². The second kappa shape index (κ2) is 9.52. The average Bonchev–Trinajstić information content (AvgIpc) is 2.68. The van der Waals surface area contributed by atoms with Crippen molar-refractivity contribution in [2.45, 2.75) is 13.5 Å². The lowest BCUT2D eigenvalue weighted by atomic mass is 10.2. The fourth-order valence-electron chi connectivity index (χ4n) is 2.56. The molecular formula is C21H15Br2ClN2O3. The Morgan fingerprint density at radius 2 is 1.86 bits per heavy atom. The lowest BCUT2D eigenvalue weighted by molar-refractivity contribution is -0.384. The van der Waals surface area contributed by atoms with Crippen molar-refractivity contribution < 1.29 is 9.66 Å². The number of hydrogen-bond donors (Lipinski definition) is 0. The van der Waals surface area contributed by atoms with E-state index in [0.29, 0.717) is 10.8 Å². The smallest absolute Gasteiger partial charge is 0.269 e. The molecule has 5 nitrogen and oxygen atoms in total. The Bertz CT molecular complexity index is 1090. The molecule has 0 saturated heterocycles. The second-order valence-electron chi connectivity index (χ2n) is 6.21. The number of halogens is 3. The molecule has 0 amide bonds. The molecule has 3 aromatic carbocycles. The number of nitrogens with zero attached hydrogens (tertiary/aromatic N) is 2. The number of aryl methyl sites for hydroxylation is 1. The van der Waals surface area contributed by atoms with Crippen LogP contribution in [0.5, 0.6) is 5.75 Å². The van der Waals surface area contributed by atoms with Gasteiger partial charge in [-0.1, -0.05) is 33.6 Å². The summed E-state index contributed by atoms with van der Waals surface area (Å²) in [5.41, 5.74) is 3.41. The number of non-ortho nitro benzene ring substituents is 1. The van der Waals surface area contributed by atoms with Gasteiger partial charge in [0.15, 0.2) is 0 Å². The quantitative estimate of drug-likeness (QED) is 0.186. The van der Waals surface area contributed by atoms with Crippen molar-refractivity contribution in [2.24, 2.45) is 4.99 Å². The lowest BCUT2D eigenvalue weighted by Gasteiger charge is -2.12.